The number of hydrogen-bond donors (Lipinski definition) is 0. The van der Waals surface area contributed by atoms with Gasteiger partial charge in [-0.1, -0.05) is 31.5 Å². The minimum atomic E-state index is 0.295. The summed E-state index contributed by atoms with van der Waals surface area (Å²) in [5.41, 5.74) is 1.91. The van der Waals surface area contributed by atoms with Crippen LogP contribution in [0.3, 0.4) is 0 Å². The van der Waals surface area contributed by atoms with E-state index in [-0.39, 0.29) is 0 Å². The maximum atomic E-state index is 6.40. The van der Waals surface area contributed by atoms with Gasteiger partial charge < -0.3 is 9.47 Å². The molecule has 0 saturated carbocycles. The Labute approximate surface area is 130 Å². The van der Waals surface area contributed by atoms with Crippen molar-refractivity contribution in [1.29, 1.82) is 0 Å². The fraction of sp³-hybridized carbons (Fsp3) is 0.533. The summed E-state index contributed by atoms with van der Waals surface area (Å²) in [5, 5.41) is 0.732. The van der Waals surface area contributed by atoms with Gasteiger partial charge in [-0.05, 0) is 32.1 Å². The van der Waals surface area contributed by atoms with Crippen LogP contribution in [0.4, 0.5) is 0 Å². The lowest BCUT2D eigenvalue weighted by atomic mass is 10.0. The van der Waals surface area contributed by atoms with Gasteiger partial charge in [0.25, 0.3) is 0 Å². The monoisotopic (exact) mass is 313 g/mol. The topological polar surface area (TPSA) is 21.1 Å². The van der Waals surface area contributed by atoms with E-state index in [0.717, 1.165) is 28.4 Å². The third-order valence-electron chi connectivity index (χ3n) is 3.51. The first-order valence-corrected chi connectivity index (χ1v) is 7.73. The van der Waals surface area contributed by atoms with Crippen LogP contribution in [0.5, 0.6) is 0 Å². The number of benzene rings is 1. The maximum absolute atomic E-state index is 6.40. The maximum Gasteiger partial charge on any atom is 0.125 e. The number of fused-ring (bicyclic) bond motifs is 1. The summed E-state index contributed by atoms with van der Waals surface area (Å²) in [6, 6.07) is 6.12. The summed E-state index contributed by atoms with van der Waals surface area (Å²) in [7, 11) is 4.16. The number of alkyl halides is 1. The second kappa shape index (κ2) is 6.33. The molecule has 5 heteroatoms. The lowest BCUT2D eigenvalue weighted by molar-refractivity contribution is 0.270. The van der Waals surface area contributed by atoms with Crippen molar-refractivity contribution in [2.75, 3.05) is 20.6 Å². The van der Waals surface area contributed by atoms with Crippen LogP contribution in [0, 0.1) is 5.92 Å². The van der Waals surface area contributed by atoms with Gasteiger partial charge >= 0.3 is 0 Å². The molecule has 1 heterocycles. The minimum Gasteiger partial charge on any atom is -0.321 e. The smallest absolute Gasteiger partial charge is 0.125 e. The van der Waals surface area contributed by atoms with Crippen LogP contribution in [-0.2, 0) is 5.88 Å². The largest absolute Gasteiger partial charge is 0.321 e. The second-order valence-corrected chi connectivity index (χ2v) is 6.39. The van der Waals surface area contributed by atoms with Crippen molar-refractivity contribution in [2.24, 2.45) is 5.92 Å². The molecular formula is C15H21Cl2N3. The quantitative estimate of drug-likeness (QED) is 0.772. The van der Waals surface area contributed by atoms with Gasteiger partial charge in [0.2, 0.25) is 0 Å². The van der Waals surface area contributed by atoms with E-state index in [1.54, 1.807) is 0 Å². The summed E-state index contributed by atoms with van der Waals surface area (Å²) in [4.78, 5) is 6.82. The summed E-state index contributed by atoms with van der Waals surface area (Å²) in [5.74, 6) is 1.74. The molecule has 0 saturated heterocycles. The van der Waals surface area contributed by atoms with Crippen LogP contribution in [0.2, 0.25) is 5.02 Å². The molecule has 0 spiro atoms. The first kappa shape index (κ1) is 15.6. The Morgan fingerprint density at radius 2 is 2.00 bits per heavy atom. The molecule has 0 bridgehead atoms. The summed E-state index contributed by atoms with van der Waals surface area (Å²) >= 11 is 12.5. The van der Waals surface area contributed by atoms with Gasteiger partial charge in [0.05, 0.1) is 28.0 Å². The second-order valence-electron chi connectivity index (χ2n) is 5.71. The van der Waals surface area contributed by atoms with Crippen molar-refractivity contribution in [1.82, 2.24) is 14.5 Å². The van der Waals surface area contributed by atoms with Crippen LogP contribution in [0.25, 0.3) is 11.0 Å². The number of nitrogens with zero attached hydrogens (tertiary/aromatic N) is 3. The molecule has 1 aromatic heterocycles. The fourth-order valence-corrected chi connectivity index (χ4v) is 3.02. The van der Waals surface area contributed by atoms with Crippen LogP contribution in [0.1, 0.15) is 25.7 Å². The Morgan fingerprint density at radius 3 is 2.55 bits per heavy atom. The van der Waals surface area contributed by atoms with Gasteiger partial charge in [-0.2, -0.15) is 0 Å². The standard InChI is InChI=1S/C15H21Cl2N3/c1-10(2)13(9-19(3)4)20-14(8-16)18-12-7-5-6-11(17)15(12)20/h5-7,10,13H,8-9H2,1-4H3. The van der Waals surface area contributed by atoms with Crippen LogP contribution in [0.15, 0.2) is 18.2 Å². The Hall–Kier alpha value is -0.770. The van der Waals surface area contributed by atoms with E-state index in [2.05, 4.69) is 42.4 Å². The van der Waals surface area contributed by atoms with E-state index in [4.69, 9.17) is 23.2 Å². The van der Waals surface area contributed by atoms with Gasteiger partial charge in [0.1, 0.15) is 5.82 Å². The van der Waals surface area contributed by atoms with E-state index in [0.29, 0.717) is 17.8 Å². The average molecular weight is 314 g/mol. The fourth-order valence-electron chi connectivity index (χ4n) is 2.57. The van der Waals surface area contributed by atoms with Gasteiger partial charge in [0, 0.05) is 6.54 Å². The van der Waals surface area contributed by atoms with Crippen molar-refractivity contribution in [2.45, 2.75) is 25.8 Å². The lowest BCUT2D eigenvalue weighted by Crippen LogP contribution is -2.29. The first-order valence-electron chi connectivity index (χ1n) is 6.81. The van der Waals surface area contributed by atoms with Gasteiger partial charge in [0.15, 0.2) is 0 Å². The number of hydrogen-bond acceptors (Lipinski definition) is 2. The highest BCUT2D eigenvalue weighted by molar-refractivity contribution is 6.35. The number of para-hydroxylation sites is 1. The predicted octanol–water partition coefficient (Wildman–Crippen LogP) is 4.19. The van der Waals surface area contributed by atoms with E-state index in [1.807, 2.05) is 18.2 Å². The number of imidazole rings is 1. The molecule has 1 atom stereocenters. The summed E-state index contributed by atoms with van der Waals surface area (Å²) < 4.78 is 2.22. The highest BCUT2D eigenvalue weighted by Gasteiger charge is 2.23. The van der Waals surface area contributed by atoms with Gasteiger partial charge in [-0.3, -0.25) is 0 Å². The molecule has 3 nitrogen and oxygen atoms in total. The number of likely N-dealkylation sites (N-methyl/N-ethyl adjacent to an activating group) is 1. The Morgan fingerprint density at radius 1 is 1.30 bits per heavy atom. The van der Waals surface area contributed by atoms with Crippen LogP contribution >= 0.6 is 23.2 Å². The number of rotatable bonds is 5. The molecule has 2 rings (SSSR count). The van der Waals surface area contributed by atoms with E-state index < -0.39 is 0 Å². The van der Waals surface area contributed by atoms with Gasteiger partial charge in [-0.25, -0.2) is 4.98 Å². The molecule has 0 fully saturated rings. The van der Waals surface area contributed by atoms with Crippen molar-refractivity contribution < 1.29 is 0 Å². The lowest BCUT2D eigenvalue weighted by Gasteiger charge is -2.28. The van der Waals surface area contributed by atoms with Crippen LogP contribution in [-0.4, -0.2) is 35.1 Å². The zero-order chi connectivity index (χ0) is 14.9. The molecule has 0 N–H and O–H groups in total. The number of halogens is 2. The third kappa shape index (κ3) is 2.95. The van der Waals surface area contributed by atoms with E-state index in [1.165, 1.54) is 0 Å². The Balaban J connectivity index is 2.65. The van der Waals surface area contributed by atoms with E-state index in [9.17, 15) is 0 Å². The number of aromatic nitrogens is 2. The highest BCUT2D eigenvalue weighted by atomic mass is 35.5. The molecule has 1 unspecified atom stereocenters. The molecule has 20 heavy (non-hydrogen) atoms. The average Bonchev–Trinajstić information content (AvgIpc) is 2.75. The Bertz CT molecular complexity index is 590. The zero-order valence-corrected chi connectivity index (χ0v) is 13.9. The van der Waals surface area contributed by atoms with Gasteiger partial charge in [-0.15, -0.1) is 11.6 Å². The highest BCUT2D eigenvalue weighted by Crippen LogP contribution is 2.31. The first-order chi connectivity index (χ1) is 9.45. The van der Waals surface area contributed by atoms with Crippen LogP contribution < -0.4 is 0 Å². The van der Waals surface area contributed by atoms with E-state index >= 15 is 0 Å². The molecule has 0 amide bonds. The van der Waals surface area contributed by atoms with Crippen molar-refractivity contribution >= 4 is 34.2 Å². The molecule has 0 aliphatic rings. The normalized spacial score (nSPS) is 13.6. The van der Waals surface area contributed by atoms with Crippen molar-refractivity contribution in [3.63, 3.8) is 0 Å². The summed E-state index contributed by atoms with van der Waals surface area (Å²) in [6.45, 7) is 5.36. The molecule has 0 aliphatic carbocycles. The molecular weight excluding hydrogens is 293 g/mol. The minimum absolute atomic E-state index is 0.295. The molecule has 110 valence electrons. The third-order valence-corrected chi connectivity index (χ3v) is 4.05. The van der Waals surface area contributed by atoms with Crippen molar-refractivity contribution in [3.8, 4) is 0 Å². The molecule has 1 aromatic carbocycles. The molecule has 2 aromatic rings. The zero-order valence-electron chi connectivity index (χ0n) is 12.4. The SMILES string of the molecule is CC(C)C(CN(C)C)n1c(CCl)nc2cccc(Cl)c21. The van der Waals surface area contributed by atoms with Crippen molar-refractivity contribution in [3.05, 3.63) is 29.0 Å². The molecule has 0 radical (unpaired) electrons. The predicted molar refractivity (Wildman–Crippen MR) is 86.7 cm³/mol. The summed E-state index contributed by atoms with van der Waals surface area (Å²) in [6.07, 6.45) is 0. The Kier molecular flexibility index (Phi) is 4.95. The molecule has 0 aliphatic heterocycles.